The predicted octanol–water partition coefficient (Wildman–Crippen LogP) is -3.38. The molecule has 0 amide bonds. The summed E-state index contributed by atoms with van der Waals surface area (Å²) in [6.07, 6.45) is -6.81. The number of aliphatic hydroxyl groups is 5. The first-order chi connectivity index (χ1) is 7.31. The first-order valence-corrected chi connectivity index (χ1v) is 4.60. The van der Waals surface area contributed by atoms with Crippen LogP contribution in [0.4, 0.5) is 0 Å². The molecule has 0 unspecified atom stereocenters. The normalized spacial score (nSPS) is 38.3. The van der Waals surface area contributed by atoms with E-state index < -0.39 is 49.2 Å². The summed E-state index contributed by atoms with van der Waals surface area (Å²) in [4.78, 5) is 10.6. The lowest BCUT2D eigenvalue weighted by Crippen LogP contribution is -2.46. The number of carboxylic acids is 1. The van der Waals surface area contributed by atoms with Gasteiger partial charge in [-0.1, -0.05) is 0 Å². The highest BCUT2D eigenvalue weighted by Crippen LogP contribution is 2.31. The van der Waals surface area contributed by atoms with Gasteiger partial charge in [-0.25, -0.2) is 4.79 Å². The molecular weight excluding hydrogens is 224 g/mol. The van der Waals surface area contributed by atoms with Gasteiger partial charge in [-0.2, -0.15) is 0 Å². The molecule has 0 aromatic carbocycles. The average Bonchev–Trinajstić information content (AvgIpc) is 2.53. The highest BCUT2D eigenvalue weighted by atomic mass is 16.7. The highest BCUT2D eigenvalue weighted by Gasteiger charge is 2.53. The SMILES string of the molecule is O=C(O)[C@]1(O)C[C@@H](O)[C@@H]([C@H](O)[C@H](O)CO)O1. The van der Waals surface area contributed by atoms with Crippen molar-refractivity contribution in [1.29, 1.82) is 0 Å². The molecular formula is C8H14O8. The maximum atomic E-state index is 10.6. The smallest absolute Gasteiger partial charge is 0.364 e. The van der Waals surface area contributed by atoms with Crippen molar-refractivity contribution in [2.75, 3.05) is 6.61 Å². The molecule has 0 aromatic rings. The van der Waals surface area contributed by atoms with E-state index >= 15 is 0 Å². The minimum Gasteiger partial charge on any atom is -0.477 e. The Hall–Kier alpha value is -0.770. The van der Waals surface area contributed by atoms with Gasteiger partial charge in [0, 0.05) is 6.42 Å². The zero-order valence-corrected chi connectivity index (χ0v) is 8.22. The Morgan fingerprint density at radius 3 is 2.44 bits per heavy atom. The number of rotatable bonds is 4. The molecule has 1 rings (SSSR count). The number of carboxylic acid groups (broad SMARTS) is 1. The van der Waals surface area contributed by atoms with Crippen LogP contribution < -0.4 is 0 Å². The van der Waals surface area contributed by atoms with E-state index in [0.717, 1.165) is 0 Å². The Balaban J connectivity index is 2.75. The Morgan fingerprint density at radius 2 is 2.06 bits per heavy atom. The van der Waals surface area contributed by atoms with E-state index in [1.165, 1.54) is 0 Å². The standard InChI is InChI=1S/C8H14O8/c9-2-4(11)5(12)6-3(10)1-8(15,16-6)7(13)14/h3-6,9-12,15H,1-2H2,(H,13,14)/t3-,4-,5-,6+,8+/m1/s1. The van der Waals surface area contributed by atoms with Crippen molar-refractivity contribution in [2.24, 2.45) is 0 Å². The van der Waals surface area contributed by atoms with E-state index in [9.17, 15) is 20.1 Å². The van der Waals surface area contributed by atoms with Crippen LogP contribution in [0.25, 0.3) is 0 Å². The third kappa shape index (κ3) is 2.32. The number of carbonyl (C=O) groups is 1. The molecule has 1 fully saturated rings. The van der Waals surface area contributed by atoms with Gasteiger partial charge in [-0.05, 0) is 0 Å². The largest absolute Gasteiger partial charge is 0.477 e. The lowest BCUT2D eigenvalue weighted by Gasteiger charge is -2.24. The van der Waals surface area contributed by atoms with Crippen LogP contribution in [0.3, 0.4) is 0 Å². The third-order valence-electron chi connectivity index (χ3n) is 2.45. The van der Waals surface area contributed by atoms with Crippen molar-refractivity contribution >= 4 is 5.97 Å². The van der Waals surface area contributed by atoms with Crippen molar-refractivity contribution in [3.8, 4) is 0 Å². The Bertz CT molecular complexity index is 269. The Kier molecular flexibility index (Phi) is 3.84. The third-order valence-corrected chi connectivity index (χ3v) is 2.45. The van der Waals surface area contributed by atoms with Crippen LogP contribution in [0.15, 0.2) is 0 Å². The van der Waals surface area contributed by atoms with E-state index in [1.807, 2.05) is 0 Å². The van der Waals surface area contributed by atoms with Crippen LogP contribution in [0.1, 0.15) is 6.42 Å². The quantitative estimate of drug-likeness (QED) is 0.297. The van der Waals surface area contributed by atoms with Gasteiger partial charge in [-0.15, -0.1) is 0 Å². The molecule has 0 aromatic heterocycles. The molecule has 16 heavy (non-hydrogen) atoms. The van der Waals surface area contributed by atoms with Gasteiger partial charge in [0.15, 0.2) is 0 Å². The second-order valence-corrected chi connectivity index (χ2v) is 3.68. The van der Waals surface area contributed by atoms with Crippen molar-refractivity contribution in [3.05, 3.63) is 0 Å². The molecule has 0 bridgehead atoms. The number of hydrogen-bond acceptors (Lipinski definition) is 7. The van der Waals surface area contributed by atoms with E-state index in [-0.39, 0.29) is 0 Å². The Labute approximate surface area is 90.3 Å². The fraction of sp³-hybridized carbons (Fsp3) is 0.875. The topological polar surface area (TPSA) is 148 Å². The van der Waals surface area contributed by atoms with E-state index in [2.05, 4.69) is 4.74 Å². The van der Waals surface area contributed by atoms with Crippen LogP contribution in [0.2, 0.25) is 0 Å². The molecule has 0 aliphatic carbocycles. The molecule has 1 saturated heterocycles. The molecule has 8 heteroatoms. The van der Waals surface area contributed by atoms with Crippen LogP contribution in [-0.2, 0) is 9.53 Å². The number of aliphatic carboxylic acids is 1. The van der Waals surface area contributed by atoms with Crippen molar-refractivity contribution in [3.63, 3.8) is 0 Å². The molecule has 5 atom stereocenters. The lowest BCUT2D eigenvalue weighted by atomic mass is 10.0. The summed E-state index contributed by atoms with van der Waals surface area (Å²) in [5.74, 6) is -4.28. The lowest BCUT2D eigenvalue weighted by molar-refractivity contribution is -0.230. The molecule has 1 aliphatic rings. The summed E-state index contributed by atoms with van der Waals surface area (Å²) < 4.78 is 4.59. The fourth-order valence-corrected chi connectivity index (χ4v) is 1.51. The Morgan fingerprint density at radius 1 is 1.50 bits per heavy atom. The van der Waals surface area contributed by atoms with Crippen molar-refractivity contribution < 1.29 is 40.2 Å². The monoisotopic (exact) mass is 238 g/mol. The molecule has 1 aliphatic heterocycles. The summed E-state index contributed by atoms with van der Waals surface area (Å²) in [7, 11) is 0. The number of ether oxygens (including phenoxy) is 1. The van der Waals surface area contributed by atoms with Crippen LogP contribution in [0, 0.1) is 0 Å². The van der Waals surface area contributed by atoms with Gasteiger partial charge in [0.05, 0.1) is 12.7 Å². The van der Waals surface area contributed by atoms with Crippen molar-refractivity contribution in [1.82, 2.24) is 0 Å². The van der Waals surface area contributed by atoms with Crippen molar-refractivity contribution in [2.45, 2.75) is 36.6 Å². The zero-order chi connectivity index (χ0) is 12.5. The van der Waals surface area contributed by atoms with Gasteiger partial charge < -0.3 is 35.4 Å². The number of aliphatic hydroxyl groups excluding tert-OH is 4. The molecule has 8 nitrogen and oxygen atoms in total. The molecule has 0 saturated carbocycles. The summed E-state index contributed by atoms with van der Waals surface area (Å²) in [6.45, 7) is -0.779. The highest BCUT2D eigenvalue weighted by molar-refractivity contribution is 5.75. The first kappa shape index (κ1) is 13.3. The second kappa shape index (κ2) is 4.62. The molecule has 0 spiro atoms. The zero-order valence-electron chi connectivity index (χ0n) is 8.22. The maximum Gasteiger partial charge on any atom is 0.364 e. The van der Waals surface area contributed by atoms with Crippen LogP contribution in [0.5, 0.6) is 0 Å². The molecule has 1 heterocycles. The van der Waals surface area contributed by atoms with Gasteiger partial charge in [0.25, 0.3) is 5.79 Å². The van der Waals surface area contributed by atoms with Gasteiger partial charge in [-0.3, -0.25) is 0 Å². The van der Waals surface area contributed by atoms with E-state index in [0.29, 0.717) is 0 Å². The van der Waals surface area contributed by atoms with E-state index in [4.69, 9.17) is 15.3 Å². The average molecular weight is 238 g/mol. The van der Waals surface area contributed by atoms with Crippen LogP contribution >= 0.6 is 0 Å². The molecule has 94 valence electrons. The molecule has 6 N–H and O–H groups in total. The second-order valence-electron chi connectivity index (χ2n) is 3.68. The molecule has 0 radical (unpaired) electrons. The maximum absolute atomic E-state index is 10.6. The summed E-state index contributed by atoms with van der Waals surface area (Å²) in [5, 5.41) is 54.4. The van der Waals surface area contributed by atoms with Gasteiger partial charge in [0.2, 0.25) is 0 Å². The van der Waals surface area contributed by atoms with Gasteiger partial charge >= 0.3 is 5.97 Å². The minimum absolute atomic E-state index is 0.623. The predicted molar refractivity (Wildman–Crippen MR) is 47.2 cm³/mol. The summed E-state index contributed by atoms with van der Waals surface area (Å²) >= 11 is 0. The minimum atomic E-state index is -2.58. The fourth-order valence-electron chi connectivity index (χ4n) is 1.51. The first-order valence-electron chi connectivity index (χ1n) is 4.60. The van der Waals surface area contributed by atoms with Gasteiger partial charge in [0.1, 0.15) is 18.3 Å². The summed E-state index contributed by atoms with van der Waals surface area (Å²) in [5.41, 5.74) is 0. The van der Waals surface area contributed by atoms with Crippen LogP contribution in [-0.4, -0.2) is 73.4 Å². The van der Waals surface area contributed by atoms with E-state index in [1.54, 1.807) is 0 Å². The number of hydrogen-bond donors (Lipinski definition) is 6. The summed E-state index contributed by atoms with van der Waals surface area (Å²) in [6, 6.07) is 0.